The molecule has 0 radical (unpaired) electrons. The molecule has 3 aromatic carbocycles. The fourth-order valence-electron chi connectivity index (χ4n) is 2.81. The lowest BCUT2D eigenvalue weighted by molar-refractivity contribution is 0.415. The average molecular weight is 520 g/mol. The van der Waals surface area contributed by atoms with Gasteiger partial charge in [0, 0.05) is 20.7 Å². The van der Waals surface area contributed by atoms with Crippen molar-refractivity contribution in [2.24, 2.45) is 0 Å². The number of nitrogens with zero attached hydrogens (tertiary/aromatic N) is 1. The Bertz CT molecular complexity index is 1300. The van der Waals surface area contributed by atoms with Gasteiger partial charge in [0.25, 0.3) is 0 Å². The number of sulfone groups is 1. The van der Waals surface area contributed by atoms with Crippen LogP contribution in [0, 0.1) is 0 Å². The predicted octanol–water partition coefficient (Wildman–Crippen LogP) is 6.34. The van der Waals surface area contributed by atoms with Gasteiger partial charge < -0.3 is 14.5 Å². The van der Waals surface area contributed by atoms with Gasteiger partial charge >= 0.3 is 0 Å². The first-order valence-corrected chi connectivity index (χ1v) is 11.7. The summed E-state index contributed by atoms with van der Waals surface area (Å²) in [6.45, 7) is 0. The molecule has 0 saturated carbocycles. The molecular formula is C22H16BrClN2O4S. The maximum Gasteiger partial charge on any atom is 0.238 e. The van der Waals surface area contributed by atoms with Gasteiger partial charge in [-0.3, -0.25) is 0 Å². The molecule has 0 fully saturated rings. The van der Waals surface area contributed by atoms with Gasteiger partial charge in [-0.2, -0.15) is 4.98 Å². The monoisotopic (exact) mass is 518 g/mol. The minimum absolute atomic E-state index is 0.0121. The quantitative estimate of drug-likeness (QED) is 0.320. The number of anilines is 2. The molecule has 0 unspecified atom stereocenters. The number of halogens is 2. The second-order valence-corrected chi connectivity index (χ2v) is 9.69. The molecule has 0 aliphatic carbocycles. The molecular weight excluding hydrogens is 504 g/mol. The van der Waals surface area contributed by atoms with Crippen LogP contribution in [0.5, 0.6) is 5.75 Å². The number of hydrogen-bond donors (Lipinski definition) is 1. The highest BCUT2D eigenvalue weighted by atomic mass is 79.9. The van der Waals surface area contributed by atoms with E-state index >= 15 is 0 Å². The van der Waals surface area contributed by atoms with Crippen molar-refractivity contribution < 1.29 is 17.6 Å². The zero-order valence-electron chi connectivity index (χ0n) is 16.2. The maximum atomic E-state index is 13.3. The molecule has 0 amide bonds. The van der Waals surface area contributed by atoms with Crippen molar-refractivity contribution >= 4 is 48.9 Å². The van der Waals surface area contributed by atoms with Gasteiger partial charge in [-0.25, -0.2) is 8.42 Å². The standard InChI is InChI=1S/C22H16BrClN2O4S/c1-29-18-10-8-17(9-11-18)25-21-22(31(27,28)19-12-4-15(23)5-13-19)26-20(30-21)14-2-6-16(24)7-3-14/h2-13,25H,1H3. The van der Waals surface area contributed by atoms with Gasteiger partial charge in [-0.1, -0.05) is 27.5 Å². The number of nitrogens with one attached hydrogen (secondary N) is 1. The van der Waals surface area contributed by atoms with E-state index in [1.807, 2.05) is 0 Å². The van der Waals surface area contributed by atoms with Crippen LogP contribution in [0.25, 0.3) is 11.5 Å². The summed E-state index contributed by atoms with van der Waals surface area (Å²) in [7, 11) is -2.38. The number of aromatic nitrogens is 1. The van der Waals surface area contributed by atoms with Crippen LogP contribution in [0.2, 0.25) is 5.02 Å². The lowest BCUT2D eigenvalue weighted by atomic mass is 10.2. The van der Waals surface area contributed by atoms with E-state index in [0.717, 1.165) is 4.47 Å². The summed E-state index contributed by atoms with van der Waals surface area (Å²) in [5.41, 5.74) is 1.21. The minimum Gasteiger partial charge on any atom is -0.497 e. The van der Waals surface area contributed by atoms with Gasteiger partial charge in [0.15, 0.2) is 0 Å². The van der Waals surface area contributed by atoms with Crippen molar-refractivity contribution in [1.82, 2.24) is 4.98 Å². The highest BCUT2D eigenvalue weighted by molar-refractivity contribution is 9.10. The molecule has 0 atom stereocenters. The van der Waals surface area contributed by atoms with Crippen LogP contribution in [-0.2, 0) is 9.84 Å². The fraction of sp³-hybridized carbons (Fsp3) is 0.0455. The molecule has 0 aliphatic rings. The van der Waals surface area contributed by atoms with Crippen molar-refractivity contribution in [2.75, 3.05) is 12.4 Å². The first kappa shape index (κ1) is 21.4. The third-order valence-corrected chi connectivity index (χ3v) is 6.87. The van der Waals surface area contributed by atoms with Crippen molar-refractivity contribution in [3.05, 3.63) is 82.3 Å². The summed E-state index contributed by atoms with van der Waals surface area (Å²) in [6, 6.07) is 20.1. The van der Waals surface area contributed by atoms with Crippen molar-refractivity contribution in [2.45, 2.75) is 9.92 Å². The normalized spacial score (nSPS) is 11.3. The highest BCUT2D eigenvalue weighted by Crippen LogP contribution is 2.35. The number of hydrogen-bond acceptors (Lipinski definition) is 6. The van der Waals surface area contributed by atoms with Crippen LogP contribution in [0.1, 0.15) is 0 Å². The molecule has 1 aromatic heterocycles. The maximum absolute atomic E-state index is 13.3. The van der Waals surface area contributed by atoms with E-state index in [4.69, 9.17) is 20.8 Å². The third kappa shape index (κ3) is 4.61. The van der Waals surface area contributed by atoms with E-state index in [0.29, 0.717) is 22.0 Å². The van der Waals surface area contributed by atoms with Gasteiger partial charge in [0.05, 0.1) is 12.0 Å². The van der Waals surface area contributed by atoms with Crippen LogP contribution in [0.15, 0.2) is 91.6 Å². The van der Waals surface area contributed by atoms with E-state index in [2.05, 4.69) is 26.2 Å². The largest absolute Gasteiger partial charge is 0.497 e. The second kappa shape index (κ2) is 8.74. The van der Waals surface area contributed by atoms with Crippen LogP contribution in [-0.4, -0.2) is 20.5 Å². The average Bonchev–Trinajstić information content (AvgIpc) is 3.20. The summed E-state index contributed by atoms with van der Waals surface area (Å²) in [5, 5.41) is 3.35. The Balaban J connectivity index is 1.81. The van der Waals surface area contributed by atoms with Gasteiger partial charge in [-0.05, 0) is 72.8 Å². The predicted molar refractivity (Wildman–Crippen MR) is 123 cm³/mol. The Kier molecular flexibility index (Phi) is 6.04. The van der Waals surface area contributed by atoms with Crippen molar-refractivity contribution in [3.8, 4) is 17.2 Å². The number of ether oxygens (including phenoxy) is 1. The second-order valence-electron chi connectivity index (χ2n) is 6.47. The van der Waals surface area contributed by atoms with Crippen LogP contribution in [0.4, 0.5) is 11.6 Å². The zero-order valence-corrected chi connectivity index (χ0v) is 19.3. The van der Waals surface area contributed by atoms with Gasteiger partial charge in [0.2, 0.25) is 26.6 Å². The topological polar surface area (TPSA) is 81.4 Å². The lowest BCUT2D eigenvalue weighted by Crippen LogP contribution is -2.05. The Hall–Kier alpha value is -2.81. The minimum atomic E-state index is -3.95. The summed E-state index contributed by atoms with van der Waals surface area (Å²) >= 11 is 9.28. The molecule has 158 valence electrons. The van der Waals surface area contributed by atoms with E-state index in [1.54, 1.807) is 67.8 Å². The molecule has 0 saturated heterocycles. The number of benzene rings is 3. The van der Waals surface area contributed by atoms with Crippen LogP contribution < -0.4 is 10.1 Å². The lowest BCUT2D eigenvalue weighted by Gasteiger charge is -2.07. The molecule has 0 aliphatic heterocycles. The fourth-order valence-corrected chi connectivity index (χ4v) is 4.46. The zero-order chi connectivity index (χ0) is 22.0. The molecule has 1 heterocycles. The Labute approximate surface area is 192 Å². The molecule has 9 heteroatoms. The number of oxazole rings is 1. The smallest absolute Gasteiger partial charge is 0.238 e. The third-order valence-electron chi connectivity index (χ3n) is 4.41. The first-order valence-electron chi connectivity index (χ1n) is 9.05. The number of methoxy groups -OCH3 is 1. The summed E-state index contributed by atoms with van der Waals surface area (Å²) < 4.78 is 38.5. The van der Waals surface area contributed by atoms with Crippen LogP contribution >= 0.6 is 27.5 Å². The Morgan fingerprint density at radius 1 is 0.968 bits per heavy atom. The first-order chi connectivity index (χ1) is 14.9. The SMILES string of the molecule is COc1ccc(Nc2oc(-c3ccc(Cl)cc3)nc2S(=O)(=O)c2ccc(Br)cc2)cc1. The van der Waals surface area contributed by atoms with Gasteiger partial charge in [0.1, 0.15) is 5.75 Å². The Morgan fingerprint density at radius 2 is 1.61 bits per heavy atom. The van der Waals surface area contributed by atoms with E-state index in [1.165, 1.54) is 12.1 Å². The number of rotatable bonds is 6. The molecule has 31 heavy (non-hydrogen) atoms. The Morgan fingerprint density at radius 3 is 2.23 bits per heavy atom. The van der Waals surface area contributed by atoms with E-state index < -0.39 is 9.84 Å². The highest BCUT2D eigenvalue weighted by Gasteiger charge is 2.28. The molecule has 1 N–H and O–H groups in total. The van der Waals surface area contributed by atoms with Crippen molar-refractivity contribution in [3.63, 3.8) is 0 Å². The molecule has 6 nitrogen and oxygen atoms in total. The molecule has 0 bridgehead atoms. The molecule has 4 aromatic rings. The van der Waals surface area contributed by atoms with E-state index in [9.17, 15) is 8.42 Å². The van der Waals surface area contributed by atoms with Crippen LogP contribution in [0.3, 0.4) is 0 Å². The van der Waals surface area contributed by atoms with Gasteiger partial charge in [-0.15, -0.1) is 0 Å². The summed E-state index contributed by atoms with van der Waals surface area (Å²) in [5.74, 6) is 0.842. The summed E-state index contributed by atoms with van der Waals surface area (Å²) in [6.07, 6.45) is 0. The van der Waals surface area contributed by atoms with Crippen molar-refractivity contribution in [1.29, 1.82) is 0 Å². The summed E-state index contributed by atoms with van der Waals surface area (Å²) in [4.78, 5) is 4.42. The molecule has 0 spiro atoms. The van der Waals surface area contributed by atoms with E-state index in [-0.39, 0.29) is 21.7 Å². The molecule has 4 rings (SSSR count).